The van der Waals surface area contributed by atoms with Crippen molar-refractivity contribution in [2.24, 2.45) is 5.41 Å². The summed E-state index contributed by atoms with van der Waals surface area (Å²) < 4.78 is 10.8. The van der Waals surface area contributed by atoms with Crippen molar-refractivity contribution in [3.8, 4) is 11.5 Å². The van der Waals surface area contributed by atoms with Crippen LogP contribution in [-0.2, 0) is 14.4 Å². The fourth-order valence-corrected chi connectivity index (χ4v) is 4.82. The Morgan fingerprint density at radius 2 is 1.53 bits per heavy atom. The van der Waals surface area contributed by atoms with Crippen molar-refractivity contribution in [2.75, 3.05) is 23.7 Å². The summed E-state index contributed by atoms with van der Waals surface area (Å²) in [6, 6.07) is 23.5. The number of hydrogen-bond donors (Lipinski definition) is 0. The van der Waals surface area contributed by atoms with Crippen LogP contribution in [0, 0.1) is 5.41 Å². The molecular formula is C27H26N2O5. The maximum absolute atomic E-state index is 14.0. The highest BCUT2D eigenvalue weighted by atomic mass is 16.7. The quantitative estimate of drug-likeness (QED) is 0.506. The van der Waals surface area contributed by atoms with Gasteiger partial charge < -0.3 is 9.47 Å². The number of amides is 2. The van der Waals surface area contributed by atoms with Gasteiger partial charge in [0.05, 0.1) is 31.1 Å². The third kappa shape index (κ3) is 3.31. The van der Waals surface area contributed by atoms with Crippen molar-refractivity contribution in [2.45, 2.75) is 26.0 Å². The molecule has 0 unspecified atom stereocenters. The molecule has 7 nitrogen and oxygen atoms in total. The van der Waals surface area contributed by atoms with Gasteiger partial charge in [0.1, 0.15) is 16.9 Å². The van der Waals surface area contributed by atoms with Crippen molar-refractivity contribution in [1.82, 2.24) is 0 Å². The predicted octanol–water partition coefficient (Wildman–Crippen LogP) is 4.54. The molecule has 3 aromatic rings. The average Bonchev–Trinajstić information content (AvgIpc) is 3.28. The van der Waals surface area contributed by atoms with E-state index in [1.165, 1.54) is 4.90 Å². The second-order valence-corrected chi connectivity index (χ2v) is 8.51. The van der Waals surface area contributed by atoms with Crippen molar-refractivity contribution in [1.29, 1.82) is 0 Å². The molecule has 2 amide bonds. The fourth-order valence-electron chi connectivity index (χ4n) is 4.82. The van der Waals surface area contributed by atoms with E-state index in [9.17, 15) is 9.59 Å². The maximum Gasteiger partial charge on any atom is 0.266 e. The molecule has 2 fully saturated rings. The monoisotopic (exact) mass is 458 g/mol. The standard InChI is InChI=1S/C27H26N2O5/c1-4-33-22-16-12-19(13-17-22)28-25(30)24-27(2,26(28)31)23(18-10-14-21(32-3)15-11-18)29(34-24)20-8-6-5-7-9-20/h5-17,23-24H,4H2,1-3H3/t23-,24-,27+/m0/s1. The topological polar surface area (TPSA) is 68.3 Å². The molecule has 7 heteroatoms. The van der Waals surface area contributed by atoms with Gasteiger partial charge in [0, 0.05) is 0 Å². The van der Waals surface area contributed by atoms with Gasteiger partial charge in [-0.1, -0.05) is 30.3 Å². The maximum atomic E-state index is 14.0. The van der Waals surface area contributed by atoms with Crippen LogP contribution in [0.1, 0.15) is 25.5 Å². The van der Waals surface area contributed by atoms with Crippen molar-refractivity contribution < 1.29 is 23.9 Å². The molecule has 0 radical (unpaired) electrons. The SMILES string of the molecule is CCOc1ccc(N2C(=O)[C@@H]3ON(c4ccccc4)[C@@H](c4ccc(OC)cc4)[C@@]3(C)C2=O)cc1. The molecule has 2 heterocycles. The first-order valence-corrected chi connectivity index (χ1v) is 11.2. The lowest BCUT2D eigenvalue weighted by molar-refractivity contribution is -0.128. The molecular weight excluding hydrogens is 432 g/mol. The van der Waals surface area contributed by atoms with Crippen LogP contribution >= 0.6 is 0 Å². The number of imide groups is 1. The summed E-state index contributed by atoms with van der Waals surface area (Å²) >= 11 is 0. The van der Waals surface area contributed by atoms with E-state index in [1.54, 1.807) is 36.4 Å². The van der Waals surface area contributed by atoms with Gasteiger partial charge in [-0.15, -0.1) is 0 Å². The Kier molecular flexibility index (Phi) is 5.49. The molecule has 2 saturated heterocycles. The molecule has 34 heavy (non-hydrogen) atoms. The minimum Gasteiger partial charge on any atom is -0.497 e. The van der Waals surface area contributed by atoms with E-state index in [-0.39, 0.29) is 11.8 Å². The van der Waals surface area contributed by atoms with Gasteiger partial charge in [-0.3, -0.25) is 14.4 Å². The largest absolute Gasteiger partial charge is 0.497 e. The molecule has 3 aromatic carbocycles. The van der Waals surface area contributed by atoms with Crippen molar-refractivity contribution >= 4 is 23.2 Å². The summed E-state index contributed by atoms with van der Waals surface area (Å²) in [7, 11) is 1.61. The van der Waals surface area contributed by atoms with Crippen LogP contribution in [0.25, 0.3) is 0 Å². The predicted molar refractivity (Wildman–Crippen MR) is 128 cm³/mol. The number of carbonyl (C=O) groups excluding carboxylic acids is 2. The Labute approximate surface area is 198 Å². The lowest BCUT2D eigenvalue weighted by Crippen LogP contribution is -2.41. The highest BCUT2D eigenvalue weighted by Gasteiger charge is 2.68. The molecule has 0 aromatic heterocycles. The Morgan fingerprint density at radius 1 is 0.882 bits per heavy atom. The van der Waals surface area contributed by atoms with Crippen LogP contribution in [0.3, 0.4) is 0 Å². The Hall–Kier alpha value is -3.84. The van der Waals surface area contributed by atoms with Crippen molar-refractivity contribution in [3.05, 3.63) is 84.4 Å². The molecule has 3 atom stereocenters. The Balaban J connectivity index is 1.57. The molecule has 0 aliphatic carbocycles. The first-order valence-electron chi connectivity index (χ1n) is 11.2. The molecule has 0 spiro atoms. The van der Waals surface area contributed by atoms with Crippen LogP contribution in [0.4, 0.5) is 11.4 Å². The number of hydroxylamine groups is 1. The minimum atomic E-state index is -1.14. The van der Waals surface area contributed by atoms with E-state index < -0.39 is 17.6 Å². The number of hydrogen-bond acceptors (Lipinski definition) is 6. The number of anilines is 2. The molecule has 0 bridgehead atoms. The molecule has 2 aliphatic heterocycles. The third-order valence-corrected chi connectivity index (χ3v) is 6.52. The average molecular weight is 459 g/mol. The fraction of sp³-hybridized carbons (Fsp3) is 0.259. The van der Waals surface area contributed by atoms with Crippen molar-refractivity contribution in [3.63, 3.8) is 0 Å². The van der Waals surface area contributed by atoms with Crippen LogP contribution in [0.2, 0.25) is 0 Å². The summed E-state index contributed by atoms with van der Waals surface area (Å²) in [5, 5.41) is 1.69. The second kappa shape index (κ2) is 8.50. The molecule has 0 saturated carbocycles. The highest BCUT2D eigenvalue weighted by Crippen LogP contribution is 2.55. The first-order chi connectivity index (χ1) is 16.5. The zero-order chi connectivity index (χ0) is 23.9. The van der Waals surface area contributed by atoms with Gasteiger partial charge in [0.15, 0.2) is 6.10 Å². The molecule has 5 rings (SSSR count). The van der Waals surface area contributed by atoms with E-state index in [1.807, 2.05) is 68.4 Å². The number of methoxy groups -OCH3 is 1. The summed E-state index contributed by atoms with van der Waals surface area (Å²) in [6.45, 7) is 4.25. The second-order valence-electron chi connectivity index (χ2n) is 8.51. The summed E-state index contributed by atoms with van der Waals surface area (Å²) in [5.41, 5.74) is 0.981. The number of nitrogens with zero attached hydrogens (tertiary/aromatic N) is 2. The highest BCUT2D eigenvalue weighted by molar-refractivity contribution is 6.25. The third-order valence-electron chi connectivity index (χ3n) is 6.52. The zero-order valence-corrected chi connectivity index (χ0v) is 19.3. The van der Waals surface area contributed by atoms with Gasteiger partial charge >= 0.3 is 0 Å². The Bertz CT molecular complexity index is 1200. The van der Waals surface area contributed by atoms with Gasteiger partial charge in [-0.05, 0) is 67.9 Å². The van der Waals surface area contributed by atoms with Crippen LogP contribution in [-0.4, -0.2) is 31.6 Å². The molecule has 174 valence electrons. The number of carbonyl (C=O) groups is 2. The minimum absolute atomic E-state index is 0.300. The van der Waals surface area contributed by atoms with Crippen LogP contribution < -0.4 is 19.4 Å². The normalized spacial score (nSPS) is 23.9. The molecule has 0 N–H and O–H groups in total. The zero-order valence-electron chi connectivity index (χ0n) is 19.3. The summed E-state index contributed by atoms with van der Waals surface area (Å²) in [6.07, 6.45) is -0.959. The smallest absolute Gasteiger partial charge is 0.266 e. The lowest BCUT2D eigenvalue weighted by Gasteiger charge is -2.32. The molecule has 2 aliphatic rings. The lowest BCUT2D eigenvalue weighted by atomic mass is 9.76. The van der Waals surface area contributed by atoms with Gasteiger partial charge in [-0.2, -0.15) is 0 Å². The van der Waals surface area contributed by atoms with E-state index >= 15 is 0 Å². The van der Waals surface area contributed by atoms with Gasteiger partial charge in [0.25, 0.3) is 5.91 Å². The van der Waals surface area contributed by atoms with Crippen LogP contribution in [0.15, 0.2) is 78.9 Å². The first kappa shape index (κ1) is 22.0. The van der Waals surface area contributed by atoms with Gasteiger partial charge in [0.2, 0.25) is 5.91 Å². The van der Waals surface area contributed by atoms with E-state index in [0.717, 1.165) is 11.3 Å². The number of para-hydroxylation sites is 1. The van der Waals surface area contributed by atoms with E-state index in [4.69, 9.17) is 14.3 Å². The van der Waals surface area contributed by atoms with Crippen LogP contribution in [0.5, 0.6) is 11.5 Å². The summed E-state index contributed by atoms with van der Waals surface area (Å²) in [4.78, 5) is 35.0. The number of benzene rings is 3. The number of ether oxygens (including phenoxy) is 2. The Morgan fingerprint density at radius 3 is 2.15 bits per heavy atom. The summed E-state index contributed by atoms with van der Waals surface area (Å²) in [5.74, 6) is 0.708. The number of fused-ring (bicyclic) bond motifs is 1. The van der Waals surface area contributed by atoms with E-state index in [2.05, 4.69) is 0 Å². The van der Waals surface area contributed by atoms with Gasteiger partial charge in [-0.25, -0.2) is 9.96 Å². The number of rotatable bonds is 6. The van der Waals surface area contributed by atoms with E-state index in [0.29, 0.717) is 23.8 Å².